The Morgan fingerprint density at radius 2 is 1.75 bits per heavy atom. The van der Waals surface area contributed by atoms with Crippen LogP contribution in [0.4, 0.5) is 22.0 Å². The molecule has 0 aliphatic heterocycles. The lowest BCUT2D eigenvalue weighted by Gasteiger charge is -2.21. The van der Waals surface area contributed by atoms with Crippen molar-refractivity contribution in [3.63, 3.8) is 0 Å². The summed E-state index contributed by atoms with van der Waals surface area (Å²) in [7, 11) is 0. The van der Waals surface area contributed by atoms with Crippen LogP contribution >= 0.6 is 11.8 Å². The zero-order chi connectivity index (χ0) is 16.0. The van der Waals surface area contributed by atoms with Crippen molar-refractivity contribution in [1.29, 1.82) is 0 Å². The van der Waals surface area contributed by atoms with Gasteiger partial charge in [0, 0.05) is 6.42 Å². The highest BCUT2D eigenvalue weighted by atomic mass is 32.2. The van der Waals surface area contributed by atoms with Crippen LogP contribution in [0, 0.1) is 5.92 Å². The van der Waals surface area contributed by atoms with Crippen LogP contribution in [0.15, 0.2) is 0 Å². The van der Waals surface area contributed by atoms with Crippen LogP contribution in [0.1, 0.15) is 33.6 Å². The van der Waals surface area contributed by atoms with Crippen molar-refractivity contribution < 1.29 is 31.5 Å². The fraction of sp³-hybridized carbons (Fsp3) is 0.917. The molecule has 0 N–H and O–H groups in total. The summed E-state index contributed by atoms with van der Waals surface area (Å²) in [5.41, 5.74) is 0. The maximum absolute atomic E-state index is 12.7. The molecular formula is C12H19F5O2S. The molecule has 0 aromatic carbocycles. The topological polar surface area (TPSA) is 26.3 Å². The molecule has 0 spiro atoms. The lowest BCUT2D eigenvalue weighted by atomic mass is 10.1. The molecule has 2 nitrogen and oxygen atoms in total. The van der Waals surface area contributed by atoms with Gasteiger partial charge in [0.05, 0.1) is 6.61 Å². The van der Waals surface area contributed by atoms with Crippen LogP contribution < -0.4 is 0 Å². The summed E-state index contributed by atoms with van der Waals surface area (Å²) in [6, 6.07) is 0. The Labute approximate surface area is 119 Å². The molecule has 1 atom stereocenters. The molecule has 0 aromatic rings. The van der Waals surface area contributed by atoms with E-state index >= 15 is 0 Å². The van der Waals surface area contributed by atoms with Gasteiger partial charge in [-0.2, -0.15) is 22.0 Å². The zero-order valence-electron chi connectivity index (χ0n) is 11.6. The molecule has 0 bridgehead atoms. The monoisotopic (exact) mass is 322 g/mol. The number of ether oxygens (including phenoxy) is 1. The maximum atomic E-state index is 12.7. The molecule has 0 fully saturated rings. The smallest absolute Gasteiger partial charge is 0.453 e. The first-order valence-electron chi connectivity index (χ1n) is 6.25. The largest absolute Gasteiger partial charge is 0.465 e. The summed E-state index contributed by atoms with van der Waals surface area (Å²) >= 11 is 1.05. The number of carbonyl (C=O) groups excluding carboxylic acids is 1. The SMILES string of the molecule is CCOC(=O)C(SCCCC(F)(F)C(F)(F)F)C(C)C. The van der Waals surface area contributed by atoms with Crippen molar-refractivity contribution in [2.75, 3.05) is 12.4 Å². The number of thioether (sulfide) groups is 1. The molecule has 0 amide bonds. The number of hydrogen-bond acceptors (Lipinski definition) is 3. The Morgan fingerprint density at radius 1 is 1.20 bits per heavy atom. The van der Waals surface area contributed by atoms with Crippen LogP contribution in [0.5, 0.6) is 0 Å². The van der Waals surface area contributed by atoms with E-state index in [0.717, 1.165) is 11.8 Å². The Hall–Kier alpha value is -0.530. The first-order valence-corrected chi connectivity index (χ1v) is 7.30. The second-order valence-electron chi connectivity index (χ2n) is 4.59. The number of hydrogen-bond donors (Lipinski definition) is 0. The van der Waals surface area contributed by atoms with Crippen molar-refractivity contribution >= 4 is 17.7 Å². The lowest BCUT2D eigenvalue weighted by Crippen LogP contribution is -2.36. The minimum absolute atomic E-state index is 0.0489. The third kappa shape index (κ3) is 6.28. The second-order valence-corrected chi connectivity index (χ2v) is 5.84. The first-order chi connectivity index (χ1) is 9.03. The van der Waals surface area contributed by atoms with Gasteiger partial charge in [-0.05, 0) is 25.0 Å². The number of carbonyl (C=O) groups is 1. The standard InChI is InChI=1S/C12H19F5O2S/c1-4-19-10(18)9(8(2)3)20-7-5-6-11(13,14)12(15,16)17/h8-9H,4-7H2,1-3H3. The quantitative estimate of drug-likeness (QED) is 0.379. The Morgan fingerprint density at radius 3 is 2.15 bits per heavy atom. The van der Waals surface area contributed by atoms with Gasteiger partial charge in [-0.25, -0.2) is 0 Å². The van der Waals surface area contributed by atoms with Crippen molar-refractivity contribution in [2.45, 2.75) is 51.0 Å². The van der Waals surface area contributed by atoms with E-state index in [4.69, 9.17) is 4.74 Å². The third-order valence-corrected chi connectivity index (χ3v) is 4.09. The Balaban J connectivity index is 4.24. The van der Waals surface area contributed by atoms with E-state index in [1.165, 1.54) is 0 Å². The summed E-state index contributed by atoms with van der Waals surface area (Å²) in [6.07, 6.45) is -7.10. The van der Waals surface area contributed by atoms with E-state index in [0.29, 0.717) is 0 Å². The van der Waals surface area contributed by atoms with E-state index in [1.54, 1.807) is 20.8 Å². The highest BCUT2D eigenvalue weighted by molar-refractivity contribution is 8.00. The molecular weight excluding hydrogens is 303 g/mol. The summed E-state index contributed by atoms with van der Waals surface area (Å²) in [5.74, 6) is -5.17. The van der Waals surface area contributed by atoms with Gasteiger partial charge >= 0.3 is 18.1 Å². The van der Waals surface area contributed by atoms with E-state index < -0.39 is 29.7 Å². The average Bonchev–Trinajstić information content (AvgIpc) is 2.26. The summed E-state index contributed by atoms with van der Waals surface area (Å²) in [4.78, 5) is 11.6. The second kappa shape index (κ2) is 8.05. The van der Waals surface area contributed by atoms with Crippen molar-refractivity contribution in [1.82, 2.24) is 0 Å². The van der Waals surface area contributed by atoms with Crippen LogP contribution in [0.2, 0.25) is 0 Å². The minimum atomic E-state index is -5.52. The molecule has 0 rings (SSSR count). The normalized spacial score (nSPS) is 14.4. The molecule has 0 heterocycles. The molecule has 0 aromatic heterocycles. The van der Waals surface area contributed by atoms with Gasteiger partial charge in [-0.15, -0.1) is 11.8 Å². The summed E-state index contributed by atoms with van der Waals surface area (Å²) in [5, 5.41) is -0.547. The van der Waals surface area contributed by atoms with Gasteiger partial charge in [0.1, 0.15) is 5.25 Å². The molecule has 0 saturated carbocycles. The van der Waals surface area contributed by atoms with Crippen LogP contribution in [-0.2, 0) is 9.53 Å². The van der Waals surface area contributed by atoms with Crippen LogP contribution in [0.3, 0.4) is 0 Å². The van der Waals surface area contributed by atoms with Crippen molar-refractivity contribution in [3.05, 3.63) is 0 Å². The fourth-order valence-electron chi connectivity index (χ4n) is 1.40. The van der Waals surface area contributed by atoms with Gasteiger partial charge in [0.15, 0.2) is 0 Å². The number of esters is 1. The molecule has 0 aliphatic rings. The van der Waals surface area contributed by atoms with Crippen molar-refractivity contribution in [3.8, 4) is 0 Å². The Bertz CT molecular complexity index is 305. The average molecular weight is 322 g/mol. The molecule has 0 saturated heterocycles. The van der Waals surface area contributed by atoms with Crippen LogP contribution in [0.25, 0.3) is 0 Å². The van der Waals surface area contributed by atoms with Crippen molar-refractivity contribution in [2.24, 2.45) is 5.92 Å². The molecule has 8 heteroatoms. The highest BCUT2D eigenvalue weighted by Gasteiger charge is 2.56. The summed E-state index contributed by atoms with van der Waals surface area (Å²) in [6.45, 7) is 5.37. The van der Waals surface area contributed by atoms with Gasteiger partial charge in [0.2, 0.25) is 0 Å². The van der Waals surface area contributed by atoms with E-state index in [1.807, 2.05) is 0 Å². The minimum Gasteiger partial charge on any atom is -0.465 e. The predicted molar refractivity (Wildman–Crippen MR) is 68.0 cm³/mol. The predicted octanol–water partition coefficient (Wildman–Crippen LogP) is 4.29. The lowest BCUT2D eigenvalue weighted by molar-refractivity contribution is -0.284. The van der Waals surface area contributed by atoms with Gasteiger partial charge in [-0.3, -0.25) is 4.79 Å². The Kier molecular flexibility index (Phi) is 7.83. The van der Waals surface area contributed by atoms with E-state index in [2.05, 4.69) is 0 Å². The molecule has 1 unspecified atom stereocenters. The van der Waals surface area contributed by atoms with E-state index in [-0.39, 0.29) is 24.7 Å². The van der Waals surface area contributed by atoms with Gasteiger partial charge in [-0.1, -0.05) is 13.8 Å². The molecule has 120 valence electrons. The first kappa shape index (κ1) is 19.5. The summed E-state index contributed by atoms with van der Waals surface area (Å²) < 4.78 is 66.0. The molecule has 20 heavy (non-hydrogen) atoms. The number of halogens is 5. The van der Waals surface area contributed by atoms with Gasteiger partial charge in [0.25, 0.3) is 0 Å². The maximum Gasteiger partial charge on any atom is 0.453 e. The molecule has 0 aliphatic carbocycles. The van der Waals surface area contributed by atoms with E-state index in [9.17, 15) is 26.7 Å². The zero-order valence-corrected chi connectivity index (χ0v) is 12.4. The highest BCUT2D eigenvalue weighted by Crippen LogP contribution is 2.39. The van der Waals surface area contributed by atoms with Crippen LogP contribution in [-0.4, -0.2) is 35.7 Å². The van der Waals surface area contributed by atoms with Gasteiger partial charge < -0.3 is 4.74 Å². The third-order valence-electron chi connectivity index (χ3n) is 2.47. The fourth-order valence-corrected chi connectivity index (χ4v) is 2.56. The number of alkyl halides is 5. The number of rotatable bonds is 8. The molecule has 0 radical (unpaired) electrons.